The molecule has 2 bridgehead atoms. The van der Waals surface area contributed by atoms with Crippen LogP contribution in [0.25, 0.3) is 0 Å². The van der Waals surface area contributed by atoms with Crippen molar-refractivity contribution in [1.82, 2.24) is 9.21 Å². The van der Waals surface area contributed by atoms with Crippen LogP contribution in [0.15, 0.2) is 0 Å². The van der Waals surface area contributed by atoms with E-state index >= 15 is 0 Å². The number of carbonyl (C=O) groups excluding carboxylic acids is 2. The molecule has 2 aliphatic heterocycles. The van der Waals surface area contributed by atoms with E-state index in [1.165, 1.54) is 16.1 Å². The quantitative estimate of drug-likeness (QED) is 0.673. The molecule has 0 aromatic carbocycles. The minimum Gasteiger partial charge on any atom is -0.340 e. The van der Waals surface area contributed by atoms with Gasteiger partial charge in [-0.3, -0.25) is 9.59 Å². The number of thioether (sulfide) groups is 2. The van der Waals surface area contributed by atoms with Gasteiger partial charge in [0.2, 0.25) is 15.9 Å². The van der Waals surface area contributed by atoms with E-state index in [0.29, 0.717) is 37.6 Å². The second-order valence-electron chi connectivity index (χ2n) is 8.76. The largest absolute Gasteiger partial charge is 0.340 e. The van der Waals surface area contributed by atoms with Crippen LogP contribution in [0.2, 0.25) is 0 Å². The van der Waals surface area contributed by atoms with Crippen LogP contribution in [0.1, 0.15) is 33.1 Å². The molecule has 0 spiro atoms. The predicted molar refractivity (Wildman–Crippen MR) is 109 cm³/mol. The third kappa shape index (κ3) is 3.07. The molecule has 3 atom stereocenters. The van der Waals surface area contributed by atoms with Gasteiger partial charge in [-0.05, 0) is 24.2 Å². The van der Waals surface area contributed by atoms with Crippen molar-refractivity contribution in [2.24, 2.45) is 16.7 Å². The zero-order valence-corrected chi connectivity index (χ0v) is 18.4. The number of Topliss-reactive ketones (excluding diaryl/α,β-unsaturated/α-hetero) is 1. The number of amides is 1. The van der Waals surface area contributed by atoms with E-state index in [4.69, 9.17) is 0 Å². The topological polar surface area (TPSA) is 74.8 Å². The maximum absolute atomic E-state index is 13.4. The molecule has 0 N–H and O–H groups in total. The van der Waals surface area contributed by atoms with Crippen molar-refractivity contribution < 1.29 is 18.0 Å². The third-order valence-corrected chi connectivity index (χ3v) is 11.4. The van der Waals surface area contributed by atoms with Crippen molar-refractivity contribution in [2.45, 2.75) is 39.2 Å². The number of hydrogen-bond donors (Lipinski definition) is 0. The molecule has 3 unspecified atom stereocenters. The molecule has 27 heavy (non-hydrogen) atoms. The fraction of sp³-hybridized carbons (Fsp3) is 0.889. The van der Waals surface area contributed by atoms with Crippen molar-refractivity contribution in [3.63, 3.8) is 0 Å². The van der Waals surface area contributed by atoms with E-state index < -0.39 is 21.5 Å². The second-order valence-corrected chi connectivity index (χ2v) is 12.9. The van der Waals surface area contributed by atoms with Gasteiger partial charge >= 0.3 is 0 Å². The first-order valence-corrected chi connectivity index (χ1v) is 13.6. The Morgan fingerprint density at radius 2 is 1.93 bits per heavy atom. The SMILES string of the molecule is CC1(C)C2CCC1(CS(=O)(=O)N1CSCC1C(=O)N1CCSCC1)C(=O)C2. The summed E-state index contributed by atoms with van der Waals surface area (Å²) in [7, 11) is -3.69. The Bertz CT molecular complexity index is 748. The number of hydrogen-bond acceptors (Lipinski definition) is 6. The van der Waals surface area contributed by atoms with Gasteiger partial charge in [0.15, 0.2) is 0 Å². The Morgan fingerprint density at radius 3 is 2.52 bits per heavy atom. The van der Waals surface area contributed by atoms with Gasteiger partial charge in [-0.1, -0.05) is 13.8 Å². The summed E-state index contributed by atoms with van der Waals surface area (Å²) in [6, 6.07) is -0.615. The molecule has 0 aromatic heterocycles. The van der Waals surface area contributed by atoms with Gasteiger partial charge in [0.25, 0.3) is 0 Å². The molecule has 2 aliphatic carbocycles. The van der Waals surface area contributed by atoms with E-state index in [2.05, 4.69) is 13.8 Å². The van der Waals surface area contributed by atoms with Crippen molar-refractivity contribution in [3.8, 4) is 0 Å². The van der Waals surface area contributed by atoms with Crippen LogP contribution in [-0.4, -0.2) is 77.3 Å². The Balaban J connectivity index is 1.56. The fourth-order valence-corrected chi connectivity index (χ4v) is 10.3. The van der Waals surface area contributed by atoms with Crippen LogP contribution >= 0.6 is 23.5 Å². The highest BCUT2D eigenvalue weighted by Crippen LogP contribution is 2.64. The lowest BCUT2D eigenvalue weighted by Gasteiger charge is -2.38. The number of carbonyl (C=O) groups is 2. The molecule has 0 aromatic rings. The third-order valence-electron chi connectivity index (χ3n) is 7.37. The van der Waals surface area contributed by atoms with Crippen LogP contribution in [0, 0.1) is 16.7 Å². The zero-order chi connectivity index (χ0) is 19.4. The predicted octanol–water partition coefficient (Wildman–Crippen LogP) is 1.66. The Labute approximate surface area is 170 Å². The van der Waals surface area contributed by atoms with Crippen molar-refractivity contribution >= 4 is 45.2 Å². The van der Waals surface area contributed by atoms with Crippen LogP contribution in [-0.2, 0) is 19.6 Å². The summed E-state index contributed by atoms with van der Waals surface area (Å²) >= 11 is 3.32. The minimum absolute atomic E-state index is 0.0670. The fourth-order valence-electron chi connectivity index (χ4n) is 5.39. The molecule has 4 aliphatic rings. The van der Waals surface area contributed by atoms with Crippen molar-refractivity contribution in [1.29, 1.82) is 0 Å². The maximum atomic E-state index is 13.4. The van der Waals surface area contributed by atoms with Gasteiger partial charge in [-0.25, -0.2) is 8.42 Å². The molecule has 9 heteroatoms. The normalized spacial score (nSPS) is 36.5. The number of nitrogens with zero attached hydrogens (tertiary/aromatic N) is 2. The Morgan fingerprint density at radius 1 is 1.22 bits per heavy atom. The Kier molecular flexibility index (Phi) is 5.13. The van der Waals surface area contributed by atoms with Gasteiger partial charge in [0, 0.05) is 42.2 Å². The number of sulfonamides is 1. The maximum Gasteiger partial charge on any atom is 0.241 e. The van der Waals surface area contributed by atoms with E-state index in [-0.39, 0.29) is 28.8 Å². The van der Waals surface area contributed by atoms with Gasteiger partial charge in [0.05, 0.1) is 11.6 Å². The number of ketones is 1. The van der Waals surface area contributed by atoms with E-state index in [1.54, 1.807) is 0 Å². The van der Waals surface area contributed by atoms with Gasteiger partial charge in [-0.15, -0.1) is 11.8 Å². The molecule has 4 rings (SSSR count). The summed E-state index contributed by atoms with van der Waals surface area (Å²) in [5, 5.41) is 0. The van der Waals surface area contributed by atoms with Crippen LogP contribution in [0.3, 0.4) is 0 Å². The summed E-state index contributed by atoms with van der Waals surface area (Å²) < 4.78 is 28.2. The molecule has 6 nitrogen and oxygen atoms in total. The molecular formula is C18H28N2O4S3. The lowest BCUT2D eigenvalue weighted by Crippen LogP contribution is -2.53. The second kappa shape index (κ2) is 6.92. The first-order chi connectivity index (χ1) is 12.7. The molecule has 152 valence electrons. The highest BCUT2D eigenvalue weighted by Gasteiger charge is 2.66. The summed E-state index contributed by atoms with van der Waals surface area (Å²) in [5.41, 5.74) is -1.06. The van der Waals surface area contributed by atoms with Crippen LogP contribution in [0.4, 0.5) is 0 Å². The van der Waals surface area contributed by atoms with Gasteiger partial charge in [-0.2, -0.15) is 16.1 Å². The van der Waals surface area contributed by atoms with Gasteiger partial charge in [0.1, 0.15) is 11.8 Å². The van der Waals surface area contributed by atoms with Gasteiger partial charge < -0.3 is 4.90 Å². The molecule has 2 saturated heterocycles. The molecular weight excluding hydrogens is 404 g/mol. The summed E-state index contributed by atoms with van der Waals surface area (Å²) in [4.78, 5) is 27.5. The summed E-state index contributed by atoms with van der Waals surface area (Å²) in [6.07, 6.45) is 2.09. The van der Waals surface area contributed by atoms with Crippen molar-refractivity contribution in [3.05, 3.63) is 0 Å². The lowest BCUT2D eigenvalue weighted by molar-refractivity contribution is -0.133. The number of rotatable bonds is 4. The van der Waals surface area contributed by atoms with E-state index in [1.807, 2.05) is 16.7 Å². The van der Waals surface area contributed by atoms with Crippen LogP contribution in [0.5, 0.6) is 0 Å². The molecule has 1 amide bonds. The lowest BCUT2D eigenvalue weighted by atomic mass is 9.70. The molecule has 2 saturated carbocycles. The molecule has 0 radical (unpaired) electrons. The molecule has 4 fully saturated rings. The Hall–Kier alpha value is -0.250. The van der Waals surface area contributed by atoms with Crippen molar-refractivity contribution in [2.75, 3.05) is 42.0 Å². The first-order valence-electron chi connectivity index (χ1n) is 9.66. The highest BCUT2D eigenvalue weighted by molar-refractivity contribution is 8.00. The summed E-state index contributed by atoms with van der Waals surface area (Å²) in [5.74, 6) is 2.83. The minimum atomic E-state index is -3.69. The van der Waals surface area contributed by atoms with E-state index in [9.17, 15) is 18.0 Å². The first kappa shape index (κ1) is 20.0. The number of fused-ring (bicyclic) bond motifs is 2. The smallest absolute Gasteiger partial charge is 0.241 e. The monoisotopic (exact) mass is 432 g/mol. The average Bonchev–Trinajstić information content (AvgIpc) is 3.26. The van der Waals surface area contributed by atoms with Crippen LogP contribution < -0.4 is 0 Å². The highest BCUT2D eigenvalue weighted by atomic mass is 32.2. The molecule has 2 heterocycles. The zero-order valence-electron chi connectivity index (χ0n) is 16.0. The average molecular weight is 433 g/mol. The standard InChI is InChI=1S/C18H28N2O4S3/c1-17(2)13-3-4-18(17,15(21)9-13)11-27(23,24)20-12-26-10-14(20)16(22)19-5-7-25-8-6-19/h13-14H,3-12H2,1-2H3. The summed E-state index contributed by atoms with van der Waals surface area (Å²) in [6.45, 7) is 5.49. The van der Waals surface area contributed by atoms with E-state index in [0.717, 1.165) is 17.9 Å².